The molecule has 0 aliphatic rings. The molecule has 0 aliphatic carbocycles. The van der Waals surface area contributed by atoms with Crippen LogP contribution >= 0.6 is 34.8 Å². The average Bonchev–Trinajstić information content (AvgIpc) is 2.13. The molecule has 0 amide bonds. The van der Waals surface area contributed by atoms with Gasteiger partial charge in [-0.15, -0.1) is 0 Å². The lowest BCUT2D eigenvalue weighted by atomic mass is 9.96. The van der Waals surface area contributed by atoms with Crippen molar-refractivity contribution in [1.29, 1.82) is 0 Å². The summed E-state index contributed by atoms with van der Waals surface area (Å²) in [6.45, 7) is 1.43. The molecule has 0 fully saturated rings. The molecule has 0 N–H and O–H groups in total. The Balaban J connectivity index is 3.12. The molecule has 3 nitrogen and oxygen atoms in total. The Hall–Kier alpha value is -0.510. The molecule has 1 atom stereocenters. The summed E-state index contributed by atoms with van der Waals surface area (Å²) in [5.41, 5.74) is 1.57. The Labute approximate surface area is 108 Å². The summed E-state index contributed by atoms with van der Waals surface area (Å²) in [6.07, 6.45) is 0. The highest BCUT2D eigenvalue weighted by Gasteiger charge is 2.38. The van der Waals surface area contributed by atoms with Gasteiger partial charge in [0.1, 0.15) is 0 Å². The highest BCUT2D eigenvalue weighted by molar-refractivity contribution is 6.68. The van der Waals surface area contributed by atoms with Crippen molar-refractivity contribution in [3.8, 4) is 0 Å². The second-order valence-electron chi connectivity index (χ2n) is 3.47. The topological polar surface area (TPSA) is 43.1 Å². The van der Waals surface area contributed by atoms with E-state index >= 15 is 0 Å². The normalized spacial score (nSPS) is 13.5. The summed E-state index contributed by atoms with van der Waals surface area (Å²) in [4.78, 5) is 10.1. The predicted molar refractivity (Wildman–Crippen MR) is 66.1 cm³/mol. The number of aryl methyl sites for hydroxylation is 1. The van der Waals surface area contributed by atoms with Crippen LogP contribution in [0.3, 0.4) is 0 Å². The van der Waals surface area contributed by atoms with E-state index in [1.54, 1.807) is 12.1 Å². The predicted octanol–water partition coefficient (Wildman–Crippen LogP) is 3.73. The number of halogens is 3. The molecule has 0 radical (unpaired) electrons. The van der Waals surface area contributed by atoms with Crippen molar-refractivity contribution in [2.75, 3.05) is 6.54 Å². The van der Waals surface area contributed by atoms with Crippen molar-refractivity contribution in [3.63, 3.8) is 0 Å². The second-order valence-corrected chi connectivity index (χ2v) is 5.84. The molecule has 0 heterocycles. The minimum atomic E-state index is -1.68. The van der Waals surface area contributed by atoms with Gasteiger partial charge in [0.05, 0.1) is 5.92 Å². The smallest absolute Gasteiger partial charge is 0.214 e. The van der Waals surface area contributed by atoms with Crippen molar-refractivity contribution >= 4 is 34.8 Å². The summed E-state index contributed by atoms with van der Waals surface area (Å²) in [6, 6.07) is 7.18. The number of hydrogen-bond donors (Lipinski definition) is 0. The van der Waals surface area contributed by atoms with Gasteiger partial charge in [-0.2, -0.15) is 0 Å². The molecular weight excluding hydrogens is 272 g/mol. The first-order valence-corrected chi connectivity index (χ1v) is 5.70. The van der Waals surface area contributed by atoms with Crippen LogP contribution in [0.5, 0.6) is 0 Å². The van der Waals surface area contributed by atoms with Crippen LogP contribution in [0.15, 0.2) is 24.3 Å². The Morgan fingerprint density at radius 1 is 1.38 bits per heavy atom. The van der Waals surface area contributed by atoms with E-state index in [1.807, 2.05) is 19.1 Å². The zero-order valence-corrected chi connectivity index (χ0v) is 10.8. The number of hydrogen-bond acceptors (Lipinski definition) is 2. The number of benzene rings is 1. The lowest BCUT2D eigenvalue weighted by Gasteiger charge is -2.22. The number of nitro groups is 1. The lowest BCUT2D eigenvalue weighted by Crippen LogP contribution is -2.25. The molecule has 88 valence electrons. The maximum Gasteiger partial charge on any atom is 0.214 e. The van der Waals surface area contributed by atoms with E-state index in [1.165, 1.54) is 0 Å². The minimum absolute atomic E-state index is 0.401. The molecule has 16 heavy (non-hydrogen) atoms. The fourth-order valence-electron chi connectivity index (χ4n) is 1.51. The van der Waals surface area contributed by atoms with Crippen molar-refractivity contribution < 1.29 is 4.92 Å². The van der Waals surface area contributed by atoms with Crippen molar-refractivity contribution in [3.05, 3.63) is 45.5 Å². The van der Waals surface area contributed by atoms with Crippen LogP contribution in [0, 0.1) is 17.0 Å². The first-order chi connectivity index (χ1) is 7.32. The summed E-state index contributed by atoms with van der Waals surface area (Å²) >= 11 is 17.3. The Bertz CT molecular complexity index is 390. The van der Waals surface area contributed by atoms with E-state index in [9.17, 15) is 10.1 Å². The van der Waals surface area contributed by atoms with Crippen LogP contribution in [-0.2, 0) is 0 Å². The summed E-state index contributed by atoms with van der Waals surface area (Å²) in [5, 5.41) is 10.6. The Kier molecular flexibility index (Phi) is 4.42. The molecule has 0 spiro atoms. The summed E-state index contributed by atoms with van der Waals surface area (Å²) in [7, 11) is 0. The molecule has 0 aliphatic heterocycles. The van der Waals surface area contributed by atoms with Gasteiger partial charge in [-0.1, -0.05) is 59.1 Å². The first-order valence-electron chi connectivity index (χ1n) is 4.56. The molecule has 6 heteroatoms. The molecule has 0 bridgehead atoms. The van der Waals surface area contributed by atoms with Crippen LogP contribution in [0.25, 0.3) is 0 Å². The summed E-state index contributed by atoms with van der Waals surface area (Å²) < 4.78 is -1.68. The maximum atomic E-state index is 10.6. The first kappa shape index (κ1) is 13.6. The summed E-state index contributed by atoms with van der Waals surface area (Å²) in [5.74, 6) is -0.742. The van der Waals surface area contributed by atoms with E-state index in [-0.39, 0.29) is 0 Å². The van der Waals surface area contributed by atoms with E-state index < -0.39 is 21.2 Å². The third-order valence-electron chi connectivity index (χ3n) is 2.29. The molecule has 1 rings (SSSR count). The third kappa shape index (κ3) is 3.51. The van der Waals surface area contributed by atoms with E-state index in [0.29, 0.717) is 5.56 Å². The highest BCUT2D eigenvalue weighted by Crippen LogP contribution is 2.42. The SMILES string of the molecule is Cc1ccccc1[C@@H](C[N+](=O)[O-])C(Cl)(Cl)Cl. The second kappa shape index (κ2) is 5.21. The van der Waals surface area contributed by atoms with Gasteiger partial charge in [-0.3, -0.25) is 10.1 Å². The van der Waals surface area contributed by atoms with Crippen molar-refractivity contribution in [1.82, 2.24) is 0 Å². The minimum Gasteiger partial charge on any atom is -0.265 e. The molecule has 0 saturated carbocycles. The Morgan fingerprint density at radius 2 is 1.94 bits per heavy atom. The van der Waals surface area contributed by atoms with Crippen LogP contribution in [0.4, 0.5) is 0 Å². The van der Waals surface area contributed by atoms with Gasteiger partial charge in [-0.25, -0.2) is 0 Å². The Morgan fingerprint density at radius 3 is 2.38 bits per heavy atom. The zero-order chi connectivity index (χ0) is 12.3. The van der Waals surface area contributed by atoms with Gasteiger partial charge in [0.15, 0.2) is 0 Å². The number of nitrogens with zero attached hydrogens (tertiary/aromatic N) is 1. The van der Waals surface area contributed by atoms with Gasteiger partial charge in [-0.05, 0) is 18.1 Å². The van der Waals surface area contributed by atoms with E-state index in [0.717, 1.165) is 5.56 Å². The standard InChI is InChI=1S/C10H10Cl3NO2/c1-7-4-2-3-5-8(7)9(6-14(15)16)10(11,12)13/h2-5,9H,6H2,1H3/t9-/m1/s1. The largest absolute Gasteiger partial charge is 0.265 e. The molecule has 0 aromatic heterocycles. The van der Waals surface area contributed by atoms with Gasteiger partial charge in [0.25, 0.3) is 0 Å². The van der Waals surface area contributed by atoms with Crippen LogP contribution < -0.4 is 0 Å². The molecule has 0 saturated heterocycles. The van der Waals surface area contributed by atoms with Crippen LogP contribution in [-0.4, -0.2) is 15.3 Å². The van der Waals surface area contributed by atoms with Gasteiger partial charge < -0.3 is 0 Å². The number of alkyl halides is 3. The molecular formula is C10H10Cl3NO2. The lowest BCUT2D eigenvalue weighted by molar-refractivity contribution is -0.483. The highest BCUT2D eigenvalue weighted by atomic mass is 35.6. The molecule has 1 aromatic carbocycles. The third-order valence-corrected chi connectivity index (χ3v) is 3.08. The van der Waals surface area contributed by atoms with Crippen molar-refractivity contribution in [2.45, 2.75) is 16.6 Å². The molecule has 0 unspecified atom stereocenters. The van der Waals surface area contributed by atoms with Gasteiger partial charge in [0, 0.05) is 4.92 Å². The van der Waals surface area contributed by atoms with Crippen LogP contribution in [0.2, 0.25) is 0 Å². The molecule has 1 aromatic rings. The number of rotatable bonds is 3. The average molecular weight is 283 g/mol. The van der Waals surface area contributed by atoms with E-state index in [2.05, 4.69) is 0 Å². The van der Waals surface area contributed by atoms with Gasteiger partial charge in [0.2, 0.25) is 10.3 Å². The van der Waals surface area contributed by atoms with Crippen LogP contribution in [0.1, 0.15) is 17.0 Å². The zero-order valence-electron chi connectivity index (χ0n) is 8.49. The van der Waals surface area contributed by atoms with Crippen molar-refractivity contribution in [2.24, 2.45) is 0 Å². The maximum absolute atomic E-state index is 10.6. The monoisotopic (exact) mass is 281 g/mol. The fraction of sp³-hybridized carbons (Fsp3) is 0.400. The quantitative estimate of drug-likeness (QED) is 0.482. The van der Waals surface area contributed by atoms with E-state index in [4.69, 9.17) is 34.8 Å². The van der Waals surface area contributed by atoms with Gasteiger partial charge >= 0.3 is 0 Å². The fourth-order valence-corrected chi connectivity index (χ4v) is 2.06.